The summed E-state index contributed by atoms with van der Waals surface area (Å²) >= 11 is 0. The van der Waals surface area contributed by atoms with Gasteiger partial charge in [0.25, 0.3) is 0 Å². The number of nitrogens with two attached hydrogens (primary N) is 1. The lowest BCUT2D eigenvalue weighted by Gasteiger charge is -2.19. The molecule has 0 aromatic carbocycles. The SMILES string of the molecule is CC(C)C(C)C(C)N=CN. The Kier molecular flexibility index (Phi) is 4.08. The Balaban J connectivity index is 3.81. The molecular weight excluding hydrogens is 124 g/mol. The molecule has 0 bridgehead atoms. The van der Waals surface area contributed by atoms with Crippen molar-refractivity contribution >= 4 is 6.34 Å². The summed E-state index contributed by atoms with van der Waals surface area (Å²) in [7, 11) is 0. The zero-order chi connectivity index (χ0) is 8.15. The molecule has 0 spiro atoms. The van der Waals surface area contributed by atoms with Crippen molar-refractivity contribution in [2.75, 3.05) is 0 Å². The summed E-state index contributed by atoms with van der Waals surface area (Å²) in [6.07, 6.45) is 1.39. The maximum atomic E-state index is 5.18. The van der Waals surface area contributed by atoms with E-state index in [0.29, 0.717) is 17.9 Å². The first-order valence-corrected chi connectivity index (χ1v) is 3.83. The molecule has 0 amide bonds. The molecule has 2 N–H and O–H groups in total. The summed E-state index contributed by atoms with van der Waals surface area (Å²) < 4.78 is 0. The normalized spacial score (nSPS) is 18.1. The molecule has 0 saturated heterocycles. The van der Waals surface area contributed by atoms with Crippen LogP contribution in [-0.2, 0) is 0 Å². The van der Waals surface area contributed by atoms with Gasteiger partial charge in [0, 0.05) is 0 Å². The highest BCUT2D eigenvalue weighted by atomic mass is 14.8. The van der Waals surface area contributed by atoms with Crippen LogP contribution >= 0.6 is 0 Å². The van der Waals surface area contributed by atoms with Crippen molar-refractivity contribution < 1.29 is 0 Å². The second-order valence-electron chi connectivity index (χ2n) is 3.14. The van der Waals surface area contributed by atoms with E-state index in [1.54, 1.807) is 0 Å². The fraction of sp³-hybridized carbons (Fsp3) is 0.875. The van der Waals surface area contributed by atoms with Gasteiger partial charge in [0.1, 0.15) is 0 Å². The van der Waals surface area contributed by atoms with Crippen LogP contribution in [0.3, 0.4) is 0 Å². The van der Waals surface area contributed by atoms with E-state index >= 15 is 0 Å². The molecule has 0 fully saturated rings. The van der Waals surface area contributed by atoms with E-state index in [9.17, 15) is 0 Å². The van der Waals surface area contributed by atoms with Gasteiger partial charge >= 0.3 is 0 Å². The lowest BCUT2D eigenvalue weighted by atomic mass is 9.92. The summed E-state index contributed by atoms with van der Waals surface area (Å²) in [6.45, 7) is 8.69. The Morgan fingerprint density at radius 3 is 2.00 bits per heavy atom. The third kappa shape index (κ3) is 2.85. The van der Waals surface area contributed by atoms with Crippen molar-refractivity contribution in [2.45, 2.75) is 33.7 Å². The van der Waals surface area contributed by atoms with Crippen LogP contribution in [0.4, 0.5) is 0 Å². The van der Waals surface area contributed by atoms with Crippen LogP contribution in [0.15, 0.2) is 4.99 Å². The molecule has 0 saturated carbocycles. The molecule has 0 heterocycles. The number of nitrogens with zero attached hydrogens (tertiary/aromatic N) is 1. The van der Waals surface area contributed by atoms with Gasteiger partial charge in [-0.05, 0) is 18.8 Å². The van der Waals surface area contributed by atoms with Gasteiger partial charge in [0.2, 0.25) is 0 Å². The molecule has 0 aliphatic heterocycles. The van der Waals surface area contributed by atoms with Gasteiger partial charge in [-0.2, -0.15) is 0 Å². The number of hydrogen-bond donors (Lipinski definition) is 1. The number of aliphatic imine (C=N–C) groups is 1. The van der Waals surface area contributed by atoms with E-state index in [-0.39, 0.29) is 0 Å². The largest absolute Gasteiger partial charge is 0.390 e. The lowest BCUT2D eigenvalue weighted by Crippen LogP contribution is -2.18. The van der Waals surface area contributed by atoms with Gasteiger partial charge in [0.15, 0.2) is 0 Å². The van der Waals surface area contributed by atoms with E-state index in [4.69, 9.17) is 5.73 Å². The van der Waals surface area contributed by atoms with E-state index in [1.807, 2.05) is 0 Å². The molecule has 2 heteroatoms. The van der Waals surface area contributed by atoms with E-state index < -0.39 is 0 Å². The maximum absolute atomic E-state index is 5.18. The third-order valence-corrected chi connectivity index (χ3v) is 2.13. The molecule has 0 radical (unpaired) electrons. The topological polar surface area (TPSA) is 38.4 Å². The molecule has 2 unspecified atom stereocenters. The summed E-state index contributed by atoms with van der Waals surface area (Å²) in [4.78, 5) is 4.10. The smallest absolute Gasteiger partial charge is 0.0801 e. The quantitative estimate of drug-likeness (QED) is 0.472. The van der Waals surface area contributed by atoms with Gasteiger partial charge in [0.05, 0.1) is 12.4 Å². The molecule has 0 aliphatic carbocycles. The van der Waals surface area contributed by atoms with Gasteiger partial charge in [-0.25, -0.2) is 0 Å². The first kappa shape index (κ1) is 9.47. The van der Waals surface area contributed by atoms with Crippen molar-refractivity contribution in [1.29, 1.82) is 0 Å². The fourth-order valence-corrected chi connectivity index (χ4v) is 0.829. The predicted octanol–water partition coefficient (Wildman–Crippen LogP) is 1.65. The van der Waals surface area contributed by atoms with E-state index in [2.05, 4.69) is 32.7 Å². The zero-order valence-electron chi connectivity index (χ0n) is 7.33. The Labute approximate surface area is 63.5 Å². The second kappa shape index (κ2) is 4.31. The summed E-state index contributed by atoms with van der Waals surface area (Å²) in [6, 6.07) is 0.352. The van der Waals surface area contributed by atoms with Crippen molar-refractivity contribution in [2.24, 2.45) is 22.6 Å². The Morgan fingerprint density at radius 1 is 1.20 bits per heavy atom. The van der Waals surface area contributed by atoms with Crippen molar-refractivity contribution in [3.63, 3.8) is 0 Å². The molecule has 0 aliphatic rings. The third-order valence-electron chi connectivity index (χ3n) is 2.13. The van der Waals surface area contributed by atoms with Gasteiger partial charge < -0.3 is 5.73 Å². The average molecular weight is 142 g/mol. The molecule has 10 heavy (non-hydrogen) atoms. The highest BCUT2D eigenvalue weighted by molar-refractivity contribution is 5.51. The Bertz CT molecular complexity index is 108. The van der Waals surface area contributed by atoms with Crippen LogP contribution in [-0.4, -0.2) is 12.4 Å². The molecule has 2 nitrogen and oxygen atoms in total. The van der Waals surface area contributed by atoms with Crippen LogP contribution in [0.25, 0.3) is 0 Å². The second-order valence-corrected chi connectivity index (χ2v) is 3.14. The molecule has 2 atom stereocenters. The van der Waals surface area contributed by atoms with Gasteiger partial charge in [-0.3, -0.25) is 4.99 Å². The molecule has 0 aromatic rings. The minimum absolute atomic E-state index is 0.352. The molecular formula is C8H18N2. The summed E-state index contributed by atoms with van der Waals surface area (Å²) in [5.74, 6) is 1.29. The number of hydrogen-bond acceptors (Lipinski definition) is 1. The molecule has 0 aromatic heterocycles. The van der Waals surface area contributed by atoms with E-state index in [0.717, 1.165) is 0 Å². The maximum Gasteiger partial charge on any atom is 0.0801 e. The summed E-state index contributed by atoms with van der Waals surface area (Å²) in [5, 5.41) is 0. The highest BCUT2D eigenvalue weighted by Gasteiger charge is 2.13. The minimum atomic E-state index is 0.352. The van der Waals surface area contributed by atoms with E-state index in [1.165, 1.54) is 6.34 Å². The standard InChI is InChI=1S/C8H18N2/c1-6(2)7(3)8(4)10-5-9/h5-8H,1-4H3,(H2,9,10). The Morgan fingerprint density at radius 2 is 1.70 bits per heavy atom. The van der Waals surface area contributed by atoms with Crippen LogP contribution in [0, 0.1) is 11.8 Å². The fourth-order valence-electron chi connectivity index (χ4n) is 0.829. The monoisotopic (exact) mass is 142 g/mol. The first-order chi connectivity index (χ1) is 4.59. The van der Waals surface area contributed by atoms with Crippen molar-refractivity contribution in [3.8, 4) is 0 Å². The highest BCUT2D eigenvalue weighted by Crippen LogP contribution is 2.15. The minimum Gasteiger partial charge on any atom is -0.390 e. The first-order valence-electron chi connectivity index (χ1n) is 3.83. The average Bonchev–Trinajstić information content (AvgIpc) is 1.87. The zero-order valence-corrected chi connectivity index (χ0v) is 7.33. The predicted molar refractivity (Wildman–Crippen MR) is 46.1 cm³/mol. The van der Waals surface area contributed by atoms with Crippen molar-refractivity contribution in [3.05, 3.63) is 0 Å². The van der Waals surface area contributed by atoms with Crippen LogP contribution < -0.4 is 5.73 Å². The lowest BCUT2D eigenvalue weighted by molar-refractivity contribution is 0.364. The van der Waals surface area contributed by atoms with Crippen LogP contribution in [0.5, 0.6) is 0 Å². The van der Waals surface area contributed by atoms with Crippen LogP contribution in [0.1, 0.15) is 27.7 Å². The molecule has 0 rings (SSSR count). The Hall–Kier alpha value is -0.530. The molecule has 60 valence electrons. The van der Waals surface area contributed by atoms with Gasteiger partial charge in [-0.1, -0.05) is 20.8 Å². The van der Waals surface area contributed by atoms with Crippen molar-refractivity contribution in [1.82, 2.24) is 0 Å². The number of rotatable bonds is 3. The summed E-state index contributed by atoms with van der Waals surface area (Å²) in [5.41, 5.74) is 5.18. The van der Waals surface area contributed by atoms with Crippen LogP contribution in [0.2, 0.25) is 0 Å². The van der Waals surface area contributed by atoms with Gasteiger partial charge in [-0.15, -0.1) is 0 Å².